The van der Waals surface area contributed by atoms with E-state index in [2.05, 4.69) is 50.0 Å². The van der Waals surface area contributed by atoms with Crippen LogP contribution in [0.5, 0.6) is 0 Å². The number of benzene rings is 1. The Kier molecular flexibility index (Phi) is 2.24. The second-order valence-corrected chi connectivity index (χ2v) is 4.03. The molecular formula is C13H15N. The van der Waals surface area contributed by atoms with Gasteiger partial charge in [0.05, 0.1) is 5.52 Å². The Bertz CT molecular complexity index is 458. The van der Waals surface area contributed by atoms with Crippen molar-refractivity contribution >= 4 is 10.9 Å². The molecule has 2 rings (SSSR count). The monoisotopic (exact) mass is 185 g/mol. The second kappa shape index (κ2) is 3.41. The van der Waals surface area contributed by atoms with Crippen LogP contribution >= 0.6 is 0 Å². The van der Waals surface area contributed by atoms with Gasteiger partial charge < -0.3 is 0 Å². The molecule has 1 aromatic carbocycles. The molecule has 0 spiro atoms. The molecule has 0 bridgehead atoms. The van der Waals surface area contributed by atoms with E-state index < -0.39 is 0 Å². The van der Waals surface area contributed by atoms with Crippen LogP contribution in [0.15, 0.2) is 30.5 Å². The molecule has 72 valence electrons. The predicted molar refractivity (Wildman–Crippen MR) is 60.6 cm³/mol. The highest BCUT2D eigenvalue weighted by molar-refractivity contribution is 5.85. The molecule has 0 aliphatic carbocycles. The SMILES string of the molecule is Cc1ccnc2c(C(C)C)cccc12. The molecule has 0 atom stereocenters. The summed E-state index contributed by atoms with van der Waals surface area (Å²) in [6.07, 6.45) is 1.89. The van der Waals surface area contributed by atoms with E-state index in [-0.39, 0.29) is 0 Å². The number of hydrogen-bond acceptors (Lipinski definition) is 1. The summed E-state index contributed by atoms with van der Waals surface area (Å²) in [4.78, 5) is 4.46. The van der Waals surface area contributed by atoms with Gasteiger partial charge in [-0.15, -0.1) is 0 Å². The van der Waals surface area contributed by atoms with Gasteiger partial charge in [0.15, 0.2) is 0 Å². The van der Waals surface area contributed by atoms with Gasteiger partial charge in [0.1, 0.15) is 0 Å². The fourth-order valence-corrected chi connectivity index (χ4v) is 1.80. The van der Waals surface area contributed by atoms with Crippen molar-refractivity contribution in [2.24, 2.45) is 0 Å². The zero-order valence-corrected chi connectivity index (χ0v) is 8.91. The highest BCUT2D eigenvalue weighted by Gasteiger charge is 2.06. The van der Waals surface area contributed by atoms with Crippen molar-refractivity contribution in [2.75, 3.05) is 0 Å². The normalized spacial score (nSPS) is 11.1. The van der Waals surface area contributed by atoms with Crippen LogP contribution < -0.4 is 0 Å². The van der Waals surface area contributed by atoms with E-state index in [1.54, 1.807) is 0 Å². The topological polar surface area (TPSA) is 12.9 Å². The van der Waals surface area contributed by atoms with Crippen molar-refractivity contribution in [2.45, 2.75) is 26.7 Å². The molecule has 0 radical (unpaired) electrons. The van der Waals surface area contributed by atoms with Crippen LogP contribution in [0.25, 0.3) is 10.9 Å². The van der Waals surface area contributed by atoms with E-state index in [0.717, 1.165) is 5.52 Å². The maximum Gasteiger partial charge on any atom is 0.0739 e. The van der Waals surface area contributed by atoms with E-state index in [9.17, 15) is 0 Å². The van der Waals surface area contributed by atoms with Crippen LogP contribution in [0.4, 0.5) is 0 Å². The number of hydrogen-bond donors (Lipinski definition) is 0. The molecule has 0 unspecified atom stereocenters. The van der Waals surface area contributed by atoms with Crippen molar-refractivity contribution in [3.05, 3.63) is 41.6 Å². The molecule has 0 saturated heterocycles. The van der Waals surface area contributed by atoms with Crippen molar-refractivity contribution in [3.8, 4) is 0 Å². The number of pyridine rings is 1. The van der Waals surface area contributed by atoms with Crippen LogP contribution in [0.2, 0.25) is 0 Å². The van der Waals surface area contributed by atoms with Crippen molar-refractivity contribution in [1.82, 2.24) is 4.98 Å². The molecule has 1 heterocycles. The minimum absolute atomic E-state index is 0.535. The van der Waals surface area contributed by atoms with Gasteiger partial charge in [-0.1, -0.05) is 32.0 Å². The van der Waals surface area contributed by atoms with Crippen molar-refractivity contribution in [1.29, 1.82) is 0 Å². The molecule has 0 fully saturated rings. The van der Waals surface area contributed by atoms with Gasteiger partial charge in [-0.25, -0.2) is 0 Å². The molecule has 14 heavy (non-hydrogen) atoms. The molecule has 0 aliphatic rings. The summed E-state index contributed by atoms with van der Waals surface area (Å²) >= 11 is 0. The Morgan fingerprint density at radius 3 is 2.64 bits per heavy atom. The lowest BCUT2D eigenvalue weighted by molar-refractivity contribution is 0.872. The smallest absolute Gasteiger partial charge is 0.0739 e. The zero-order chi connectivity index (χ0) is 10.1. The average Bonchev–Trinajstić information content (AvgIpc) is 2.17. The van der Waals surface area contributed by atoms with Crippen LogP contribution in [0.1, 0.15) is 30.9 Å². The molecule has 0 amide bonds. The third kappa shape index (κ3) is 1.39. The first-order valence-electron chi connectivity index (χ1n) is 5.04. The number of rotatable bonds is 1. The molecule has 0 N–H and O–H groups in total. The first-order chi connectivity index (χ1) is 6.70. The number of para-hydroxylation sites is 1. The van der Waals surface area contributed by atoms with E-state index in [4.69, 9.17) is 0 Å². The van der Waals surface area contributed by atoms with Crippen LogP contribution in [0, 0.1) is 6.92 Å². The highest BCUT2D eigenvalue weighted by atomic mass is 14.7. The molecule has 1 nitrogen and oxygen atoms in total. The summed E-state index contributed by atoms with van der Waals surface area (Å²) in [5, 5.41) is 1.28. The van der Waals surface area contributed by atoms with E-state index >= 15 is 0 Å². The van der Waals surface area contributed by atoms with E-state index in [1.807, 2.05) is 6.20 Å². The first-order valence-corrected chi connectivity index (χ1v) is 5.04. The van der Waals surface area contributed by atoms with E-state index in [1.165, 1.54) is 16.5 Å². The summed E-state index contributed by atoms with van der Waals surface area (Å²) in [5.41, 5.74) is 3.80. The van der Waals surface area contributed by atoms with Gasteiger partial charge in [0, 0.05) is 11.6 Å². The molecular weight excluding hydrogens is 170 g/mol. The zero-order valence-electron chi connectivity index (χ0n) is 8.91. The lowest BCUT2D eigenvalue weighted by Gasteiger charge is -2.09. The van der Waals surface area contributed by atoms with Crippen molar-refractivity contribution in [3.63, 3.8) is 0 Å². The average molecular weight is 185 g/mol. The first kappa shape index (κ1) is 9.20. The molecule has 0 saturated carbocycles. The van der Waals surface area contributed by atoms with Gasteiger partial charge in [0.2, 0.25) is 0 Å². The number of nitrogens with zero attached hydrogens (tertiary/aromatic N) is 1. The Morgan fingerprint density at radius 1 is 1.14 bits per heavy atom. The second-order valence-electron chi connectivity index (χ2n) is 4.03. The Labute approximate surface area is 84.8 Å². The number of aromatic nitrogens is 1. The predicted octanol–water partition coefficient (Wildman–Crippen LogP) is 3.67. The fourth-order valence-electron chi connectivity index (χ4n) is 1.80. The quantitative estimate of drug-likeness (QED) is 0.660. The summed E-state index contributed by atoms with van der Waals surface area (Å²) in [5.74, 6) is 0.535. The van der Waals surface area contributed by atoms with Crippen LogP contribution in [-0.2, 0) is 0 Å². The Morgan fingerprint density at radius 2 is 1.93 bits per heavy atom. The summed E-state index contributed by atoms with van der Waals surface area (Å²) in [6.45, 7) is 6.55. The Hall–Kier alpha value is -1.37. The molecule has 2 aromatic rings. The van der Waals surface area contributed by atoms with Gasteiger partial charge in [0.25, 0.3) is 0 Å². The van der Waals surface area contributed by atoms with Gasteiger partial charge in [-0.05, 0) is 30.0 Å². The van der Waals surface area contributed by atoms with Crippen LogP contribution in [-0.4, -0.2) is 4.98 Å². The lowest BCUT2D eigenvalue weighted by atomic mass is 9.98. The highest BCUT2D eigenvalue weighted by Crippen LogP contribution is 2.24. The minimum atomic E-state index is 0.535. The third-order valence-corrected chi connectivity index (χ3v) is 2.64. The van der Waals surface area contributed by atoms with Gasteiger partial charge in [-0.2, -0.15) is 0 Å². The fraction of sp³-hybridized carbons (Fsp3) is 0.308. The summed E-state index contributed by atoms with van der Waals surface area (Å²) < 4.78 is 0. The molecule has 1 aromatic heterocycles. The third-order valence-electron chi connectivity index (χ3n) is 2.64. The number of fused-ring (bicyclic) bond motifs is 1. The number of aryl methyl sites for hydroxylation is 1. The summed E-state index contributed by atoms with van der Waals surface area (Å²) in [6, 6.07) is 8.49. The molecule has 0 aliphatic heterocycles. The maximum absolute atomic E-state index is 4.46. The lowest BCUT2D eigenvalue weighted by Crippen LogP contribution is -1.92. The molecule has 1 heteroatoms. The summed E-state index contributed by atoms with van der Waals surface area (Å²) in [7, 11) is 0. The largest absolute Gasteiger partial charge is 0.256 e. The Balaban J connectivity index is 2.81. The van der Waals surface area contributed by atoms with Crippen molar-refractivity contribution < 1.29 is 0 Å². The maximum atomic E-state index is 4.46. The van der Waals surface area contributed by atoms with Gasteiger partial charge >= 0.3 is 0 Å². The van der Waals surface area contributed by atoms with E-state index in [0.29, 0.717) is 5.92 Å². The van der Waals surface area contributed by atoms with Crippen LogP contribution in [0.3, 0.4) is 0 Å². The van der Waals surface area contributed by atoms with Gasteiger partial charge in [-0.3, -0.25) is 4.98 Å². The minimum Gasteiger partial charge on any atom is -0.256 e. The standard InChI is InChI=1S/C13H15N/c1-9(2)11-5-4-6-12-10(3)7-8-14-13(11)12/h4-9H,1-3H3.